The Morgan fingerprint density at radius 3 is 2.53 bits per heavy atom. The Bertz CT molecular complexity index is 1150. The summed E-state index contributed by atoms with van der Waals surface area (Å²) in [5.41, 5.74) is 2.44. The maximum absolute atomic E-state index is 12.7. The lowest BCUT2D eigenvalue weighted by Gasteiger charge is -2.22. The molecule has 0 aliphatic carbocycles. The molecule has 9 nitrogen and oxygen atoms in total. The highest BCUT2D eigenvalue weighted by Crippen LogP contribution is 2.48. The molecule has 2 aromatic heterocycles. The van der Waals surface area contributed by atoms with Crippen LogP contribution in [0.1, 0.15) is 16.1 Å². The number of ether oxygens (including phenoxy) is 3. The van der Waals surface area contributed by atoms with Crippen molar-refractivity contribution in [3.05, 3.63) is 58.0 Å². The van der Waals surface area contributed by atoms with Crippen molar-refractivity contribution >= 4 is 11.7 Å². The summed E-state index contributed by atoms with van der Waals surface area (Å²) in [5.74, 6) is 0.342. The third-order valence-electron chi connectivity index (χ3n) is 5.22. The summed E-state index contributed by atoms with van der Waals surface area (Å²) in [6.07, 6.45) is 3.62. The largest absolute Gasteiger partial charge is 0.493 e. The smallest absolute Gasteiger partial charge is 0.355 e. The van der Waals surface area contributed by atoms with Crippen LogP contribution in [0.4, 0.5) is 5.69 Å². The SMILES string of the molecule is COC(=O)c1c(-c2cccnc2)c([N+](=O)[O-])c2n1CCc1cc(OC)c(OC)cc1-2. The van der Waals surface area contributed by atoms with Gasteiger partial charge in [0.15, 0.2) is 11.5 Å². The molecule has 1 aliphatic heterocycles. The highest BCUT2D eigenvalue weighted by Gasteiger charge is 2.39. The summed E-state index contributed by atoms with van der Waals surface area (Å²) in [6, 6.07) is 6.87. The molecule has 3 aromatic rings. The molecule has 0 saturated carbocycles. The van der Waals surface area contributed by atoms with E-state index >= 15 is 0 Å². The lowest BCUT2D eigenvalue weighted by Crippen LogP contribution is -2.17. The Morgan fingerprint density at radius 2 is 1.93 bits per heavy atom. The second kappa shape index (κ2) is 7.51. The first-order valence-electron chi connectivity index (χ1n) is 9.16. The Morgan fingerprint density at radius 1 is 1.20 bits per heavy atom. The number of aryl methyl sites for hydroxylation is 1. The number of hydrogen-bond donors (Lipinski definition) is 0. The Hall–Kier alpha value is -3.88. The van der Waals surface area contributed by atoms with Crippen LogP contribution in [0.2, 0.25) is 0 Å². The third-order valence-corrected chi connectivity index (χ3v) is 5.22. The zero-order chi connectivity index (χ0) is 21.4. The molecule has 0 N–H and O–H groups in total. The standard InChI is InChI=1S/C21H19N3O6/c1-28-15-9-12-6-8-23-18(14(12)10-16(15)29-2)19(24(26)27)17(20(23)21(25)30-3)13-5-4-7-22-11-13/h4-5,7,9-11H,6,8H2,1-3H3. The van der Waals surface area contributed by atoms with Gasteiger partial charge in [-0.25, -0.2) is 4.79 Å². The van der Waals surface area contributed by atoms with Gasteiger partial charge in [0.05, 0.1) is 31.8 Å². The molecule has 0 radical (unpaired) electrons. The van der Waals surface area contributed by atoms with Gasteiger partial charge in [0.2, 0.25) is 0 Å². The van der Waals surface area contributed by atoms with Gasteiger partial charge in [-0.1, -0.05) is 6.07 Å². The van der Waals surface area contributed by atoms with Gasteiger partial charge in [-0.3, -0.25) is 15.1 Å². The maximum Gasteiger partial charge on any atom is 0.355 e. The zero-order valence-corrected chi connectivity index (χ0v) is 16.7. The summed E-state index contributed by atoms with van der Waals surface area (Å²) in [7, 11) is 4.29. The molecule has 9 heteroatoms. The quantitative estimate of drug-likeness (QED) is 0.361. The summed E-state index contributed by atoms with van der Waals surface area (Å²) < 4.78 is 17.4. The van der Waals surface area contributed by atoms with Crippen LogP contribution in [-0.2, 0) is 17.7 Å². The Balaban J connectivity index is 2.12. The monoisotopic (exact) mass is 409 g/mol. The first-order chi connectivity index (χ1) is 14.5. The number of carbonyl (C=O) groups excluding carboxylic acids is 1. The fraction of sp³-hybridized carbons (Fsp3) is 0.238. The number of hydrogen-bond acceptors (Lipinski definition) is 7. The van der Waals surface area contributed by atoms with Crippen LogP contribution >= 0.6 is 0 Å². The van der Waals surface area contributed by atoms with Crippen molar-refractivity contribution in [1.29, 1.82) is 0 Å². The van der Waals surface area contributed by atoms with Gasteiger partial charge in [0, 0.05) is 30.1 Å². The van der Waals surface area contributed by atoms with Crippen molar-refractivity contribution in [3.63, 3.8) is 0 Å². The highest BCUT2D eigenvalue weighted by atomic mass is 16.6. The van der Waals surface area contributed by atoms with E-state index in [1.807, 2.05) is 6.07 Å². The van der Waals surface area contributed by atoms with Crippen LogP contribution in [-0.4, -0.2) is 41.8 Å². The molecule has 0 amide bonds. The van der Waals surface area contributed by atoms with Crippen molar-refractivity contribution in [2.45, 2.75) is 13.0 Å². The van der Waals surface area contributed by atoms with E-state index in [2.05, 4.69) is 4.98 Å². The first-order valence-corrected chi connectivity index (χ1v) is 9.16. The highest BCUT2D eigenvalue weighted by molar-refractivity contribution is 6.03. The van der Waals surface area contributed by atoms with E-state index in [1.54, 1.807) is 29.0 Å². The number of nitro groups is 1. The maximum atomic E-state index is 12.7. The number of esters is 1. The van der Waals surface area contributed by atoms with Gasteiger partial charge in [-0.15, -0.1) is 0 Å². The number of nitrogens with zero attached hydrogens (tertiary/aromatic N) is 3. The second-order valence-corrected chi connectivity index (χ2v) is 6.68. The van der Waals surface area contributed by atoms with Gasteiger partial charge in [0.25, 0.3) is 0 Å². The summed E-state index contributed by atoms with van der Waals surface area (Å²) >= 11 is 0. The van der Waals surface area contributed by atoms with Crippen molar-refractivity contribution < 1.29 is 23.9 Å². The normalized spacial score (nSPS) is 12.0. The molecule has 0 bridgehead atoms. The van der Waals surface area contributed by atoms with Gasteiger partial charge in [-0.05, 0) is 30.2 Å². The number of aromatic nitrogens is 2. The Labute approximate surface area is 172 Å². The molecule has 0 atom stereocenters. The third kappa shape index (κ3) is 2.86. The topological polar surface area (TPSA) is 106 Å². The zero-order valence-electron chi connectivity index (χ0n) is 16.7. The van der Waals surface area contributed by atoms with Crippen LogP contribution in [0, 0.1) is 10.1 Å². The second-order valence-electron chi connectivity index (χ2n) is 6.68. The minimum absolute atomic E-state index is 0.132. The molecular formula is C21H19N3O6. The van der Waals surface area contributed by atoms with Crippen LogP contribution < -0.4 is 9.47 Å². The van der Waals surface area contributed by atoms with Crippen LogP contribution in [0.15, 0.2) is 36.7 Å². The molecule has 1 aliphatic rings. The minimum Gasteiger partial charge on any atom is -0.493 e. The van der Waals surface area contributed by atoms with Crippen molar-refractivity contribution in [2.75, 3.05) is 21.3 Å². The molecular weight excluding hydrogens is 390 g/mol. The molecule has 0 unspecified atom stereocenters. The van der Waals surface area contributed by atoms with Crippen molar-refractivity contribution in [3.8, 4) is 33.9 Å². The van der Waals surface area contributed by atoms with Crippen molar-refractivity contribution in [2.24, 2.45) is 0 Å². The molecule has 154 valence electrons. The fourth-order valence-electron chi connectivity index (χ4n) is 3.95. The minimum atomic E-state index is -0.646. The lowest BCUT2D eigenvalue weighted by molar-refractivity contribution is -0.383. The van der Waals surface area contributed by atoms with E-state index in [4.69, 9.17) is 14.2 Å². The van der Waals surface area contributed by atoms with E-state index in [0.29, 0.717) is 41.3 Å². The molecule has 4 rings (SSSR count). The predicted octanol–water partition coefficient (Wildman–Crippen LogP) is 3.49. The molecule has 30 heavy (non-hydrogen) atoms. The molecule has 1 aromatic carbocycles. The summed E-state index contributed by atoms with van der Waals surface area (Å²) in [5, 5.41) is 12.2. The van der Waals surface area contributed by atoms with Crippen LogP contribution in [0.5, 0.6) is 11.5 Å². The summed E-state index contributed by atoms with van der Waals surface area (Å²) in [4.78, 5) is 28.6. The average Bonchev–Trinajstić information content (AvgIpc) is 3.14. The fourth-order valence-corrected chi connectivity index (χ4v) is 3.95. The molecule has 3 heterocycles. The van der Waals surface area contributed by atoms with Gasteiger partial charge in [-0.2, -0.15) is 0 Å². The molecule has 0 spiro atoms. The number of rotatable bonds is 5. The van der Waals surface area contributed by atoms with Crippen LogP contribution in [0.3, 0.4) is 0 Å². The number of benzene rings is 1. The number of pyridine rings is 1. The van der Waals surface area contributed by atoms with Gasteiger partial charge >= 0.3 is 11.7 Å². The predicted molar refractivity (Wildman–Crippen MR) is 108 cm³/mol. The summed E-state index contributed by atoms with van der Waals surface area (Å²) in [6.45, 7) is 0.378. The average molecular weight is 409 g/mol. The molecule has 0 saturated heterocycles. The molecule has 0 fully saturated rings. The van der Waals surface area contributed by atoms with Gasteiger partial charge in [0.1, 0.15) is 11.4 Å². The van der Waals surface area contributed by atoms with E-state index in [0.717, 1.165) is 5.56 Å². The number of fused-ring (bicyclic) bond motifs is 3. The van der Waals surface area contributed by atoms with Crippen LogP contribution in [0.25, 0.3) is 22.4 Å². The number of carbonyl (C=O) groups is 1. The van der Waals surface area contributed by atoms with Gasteiger partial charge < -0.3 is 18.8 Å². The lowest BCUT2D eigenvalue weighted by atomic mass is 9.96. The Kier molecular flexibility index (Phi) is 4.86. The first kappa shape index (κ1) is 19.4. The number of methoxy groups -OCH3 is 3. The van der Waals surface area contributed by atoms with E-state index in [1.165, 1.54) is 27.5 Å². The van der Waals surface area contributed by atoms with E-state index in [9.17, 15) is 14.9 Å². The van der Waals surface area contributed by atoms with E-state index in [-0.39, 0.29) is 16.9 Å². The van der Waals surface area contributed by atoms with E-state index < -0.39 is 10.9 Å². The van der Waals surface area contributed by atoms with Crippen molar-refractivity contribution in [1.82, 2.24) is 9.55 Å².